The Morgan fingerprint density at radius 3 is 2.69 bits per heavy atom. The molecule has 1 N–H and O–H groups in total. The molecule has 4 heteroatoms. The molecule has 0 spiro atoms. The molecule has 1 aromatic rings. The third-order valence-electron chi connectivity index (χ3n) is 2.05. The van der Waals surface area contributed by atoms with E-state index in [1.54, 1.807) is 19.2 Å². The van der Waals surface area contributed by atoms with Gasteiger partial charge in [0, 0.05) is 12.8 Å². The van der Waals surface area contributed by atoms with Gasteiger partial charge >= 0.3 is 0 Å². The smallest absolute Gasteiger partial charge is 0.226 e. The van der Waals surface area contributed by atoms with Crippen LogP contribution in [0.3, 0.4) is 0 Å². The standard InChI is InChI=1S/C12H14N2O2/c1-16-9-7-12(15)14-11-4-2-10(3-5-11)6-8-13/h2-5H,6-7,9H2,1H3,(H,14,15). The van der Waals surface area contributed by atoms with Crippen LogP contribution in [0, 0.1) is 11.3 Å². The second kappa shape index (κ2) is 6.59. The summed E-state index contributed by atoms with van der Waals surface area (Å²) in [6.45, 7) is 0.415. The van der Waals surface area contributed by atoms with Gasteiger partial charge < -0.3 is 10.1 Å². The maximum atomic E-state index is 11.3. The molecule has 0 aromatic heterocycles. The summed E-state index contributed by atoms with van der Waals surface area (Å²) in [6, 6.07) is 9.30. The van der Waals surface area contributed by atoms with Crippen molar-refractivity contribution >= 4 is 11.6 Å². The first kappa shape index (κ1) is 12.2. The third kappa shape index (κ3) is 4.11. The van der Waals surface area contributed by atoms with Crippen LogP contribution < -0.4 is 5.32 Å². The van der Waals surface area contributed by atoms with Crippen molar-refractivity contribution in [2.24, 2.45) is 0 Å². The van der Waals surface area contributed by atoms with E-state index in [1.165, 1.54) is 0 Å². The zero-order valence-corrected chi connectivity index (χ0v) is 9.19. The number of anilines is 1. The van der Waals surface area contributed by atoms with Crippen molar-refractivity contribution in [2.75, 3.05) is 19.0 Å². The van der Waals surface area contributed by atoms with Gasteiger partial charge in [0.05, 0.1) is 25.5 Å². The predicted octanol–water partition coefficient (Wildman–Crippen LogP) is 1.73. The highest BCUT2D eigenvalue weighted by molar-refractivity contribution is 5.90. The number of amides is 1. The lowest BCUT2D eigenvalue weighted by molar-refractivity contribution is -0.117. The minimum absolute atomic E-state index is 0.0742. The highest BCUT2D eigenvalue weighted by Gasteiger charge is 2.01. The molecule has 0 aliphatic carbocycles. The quantitative estimate of drug-likeness (QED) is 0.818. The molecule has 16 heavy (non-hydrogen) atoms. The normalized spacial score (nSPS) is 9.50. The van der Waals surface area contributed by atoms with E-state index in [0.717, 1.165) is 11.3 Å². The summed E-state index contributed by atoms with van der Waals surface area (Å²) in [5.74, 6) is -0.0742. The van der Waals surface area contributed by atoms with Gasteiger partial charge in [-0.15, -0.1) is 0 Å². The number of ether oxygens (including phenoxy) is 1. The third-order valence-corrected chi connectivity index (χ3v) is 2.05. The second-order valence-electron chi connectivity index (χ2n) is 3.32. The van der Waals surface area contributed by atoms with Gasteiger partial charge in [-0.1, -0.05) is 12.1 Å². The van der Waals surface area contributed by atoms with E-state index in [4.69, 9.17) is 10.00 Å². The topological polar surface area (TPSA) is 62.1 Å². The highest BCUT2D eigenvalue weighted by atomic mass is 16.5. The predicted molar refractivity (Wildman–Crippen MR) is 60.9 cm³/mol. The Hall–Kier alpha value is -1.86. The Morgan fingerprint density at radius 1 is 1.44 bits per heavy atom. The van der Waals surface area contributed by atoms with E-state index in [0.29, 0.717) is 19.4 Å². The van der Waals surface area contributed by atoms with Gasteiger partial charge in [-0.05, 0) is 17.7 Å². The molecule has 0 atom stereocenters. The first-order valence-electron chi connectivity index (χ1n) is 5.01. The van der Waals surface area contributed by atoms with Crippen LogP contribution in [-0.4, -0.2) is 19.6 Å². The summed E-state index contributed by atoms with van der Waals surface area (Å²) < 4.78 is 4.80. The number of nitriles is 1. The van der Waals surface area contributed by atoms with E-state index >= 15 is 0 Å². The van der Waals surface area contributed by atoms with Crippen LogP contribution in [0.4, 0.5) is 5.69 Å². The van der Waals surface area contributed by atoms with Crippen molar-refractivity contribution in [2.45, 2.75) is 12.8 Å². The first-order chi connectivity index (χ1) is 7.76. The molecule has 1 amide bonds. The molecule has 0 aliphatic rings. The summed E-state index contributed by atoms with van der Waals surface area (Å²) in [5.41, 5.74) is 1.68. The fourth-order valence-electron chi connectivity index (χ4n) is 1.22. The summed E-state index contributed by atoms with van der Waals surface area (Å²) in [4.78, 5) is 11.3. The summed E-state index contributed by atoms with van der Waals surface area (Å²) in [5, 5.41) is 11.2. The first-order valence-corrected chi connectivity index (χ1v) is 5.01. The lowest BCUT2D eigenvalue weighted by Crippen LogP contribution is -2.13. The van der Waals surface area contributed by atoms with E-state index in [2.05, 4.69) is 11.4 Å². The van der Waals surface area contributed by atoms with Gasteiger partial charge in [0.1, 0.15) is 0 Å². The van der Waals surface area contributed by atoms with E-state index in [-0.39, 0.29) is 5.91 Å². The average Bonchev–Trinajstić information content (AvgIpc) is 2.29. The van der Waals surface area contributed by atoms with Gasteiger partial charge in [-0.3, -0.25) is 4.79 Å². The molecule has 1 rings (SSSR count). The molecule has 84 valence electrons. The van der Waals surface area contributed by atoms with Crippen molar-refractivity contribution < 1.29 is 9.53 Å². The zero-order valence-electron chi connectivity index (χ0n) is 9.19. The number of nitrogens with zero attached hydrogens (tertiary/aromatic N) is 1. The Balaban J connectivity index is 2.49. The molecule has 1 aromatic carbocycles. The van der Waals surface area contributed by atoms with Gasteiger partial charge in [-0.25, -0.2) is 0 Å². The Bertz CT molecular complexity index is 379. The molecular weight excluding hydrogens is 204 g/mol. The number of rotatable bonds is 5. The van der Waals surface area contributed by atoms with Crippen molar-refractivity contribution in [3.05, 3.63) is 29.8 Å². The van der Waals surface area contributed by atoms with Crippen LogP contribution in [0.25, 0.3) is 0 Å². The number of methoxy groups -OCH3 is 1. The Kier molecular flexibility index (Phi) is 5.03. The molecule has 0 aliphatic heterocycles. The molecule has 0 saturated carbocycles. The number of carbonyl (C=O) groups is 1. The maximum absolute atomic E-state index is 11.3. The van der Waals surface area contributed by atoms with Gasteiger partial charge in [-0.2, -0.15) is 5.26 Å². The molecule has 0 heterocycles. The maximum Gasteiger partial charge on any atom is 0.226 e. The van der Waals surface area contributed by atoms with Crippen LogP contribution in [0.2, 0.25) is 0 Å². The van der Waals surface area contributed by atoms with Gasteiger partial charge in [0.25, 0.3) is 0 Å². The SMILES string of the molecule is COCCC(=O)Nc1ccc(CC#N)cc1. The van der Waals surface area contributed by atoms with E-state index in [9.17, 15) is 4.79 Å². The van der Waals surface area contributed by atoms with Crippen LogP contribution in [0.1, 0.15) is 12.0 Å². The van der Waals surface area contributed by atoms with Crippen LogP contribution in [0.15, 0.2) is 24.3 Å². The molecule has 0 unspecified atom stereocenters. The summed E-state index contributed by atoms with van der Waals surface area (Å²) in [7, 11) is 1.56. The lowest BCUT2D eigenvalue weighted by Gasteiger charge is -2.05. The number of hydrogen-bond acceptors (Lipinski definition) is 3. The number of carbonyl (C=O) groups excluding carboxylic acids is 1. The largest absolute Gasteiger partial charge is 0.384 e. The minimum Gasteiger partial charge on any atom is -0.384 e. The summed E-state index contributed by atoms with van der Waals surface area (Å²) in [6.07, 6.45) is 0.731. The minimum atomic E-state index is -0.0742. The molecule has 0 radical (unpaired) electrons. The van der Waals surface area contributed by atoms with Crippen LogP contribution in [-0.2, 0) is 16.0 Å². The monoisotopic (exact) mass is 218 g/mol. The molecule has 0 fully saturated rings. The number of nitrogens with one attached hydrogen (secondary N) is 1. The van der Waals surface area contributed by atoms with Crippen molar-refractivity contribution in [1.29, 1.82) is 5.26 Å². The fourth-order valence-corrected chi connectivity index (χ4v) is 1.22. The molecule has 4 nitrogen and oxygen atoms in total. The van der Waals surface area contributed by atoms with Gasteiger partial charge in [0.2, 0.25) is 5.91 Å². The van der Waals surface area contributed by atoms with Crippen LogP contribution in [0.5, 0.6) is 0 Å². The average molecular weight is 218 g/mol. The molecule has 0 saturated heterocycles. The lowest BCUT2D eigenvalue weighted by atomic mass is 10.1. The number of benzene rings is 1. The van der Waals surface area contributed by atoms with E-state index in [1.807, 2.05) is 12.1 Å². The Labute approximate surface area is 94.8 Å². The van der Waals surface area contributed by atoms with Crippen molar-refractivity contribution in [3.63, 3.8) is 0 Å². The van der Waals surface area contributed by atoms with Gasteiger partial charge in [0.15, 0.2) is 0 Å². The van der Waals surface area contributed by atoms with Crippen molar-refractivity contribution in [1.82, 2.24) is 0 Å². The Morgan fingerprint density at radius 2 is 2.12 bits per heavy atom. The fraction of sp³-hybridized carbons (Fsp3) is 0.333. The number of hydrogen-bond donors (Lipinski definition) is 1. The molecule has 0 bridgehead atoms. The highest BCUT2D eigenvalue weighted by Crippen LogP contribution is 2.10. The van der Waals surface area contributed by atoms with Crippen LogP contribution >= 0.6 is 0 Å². The zero-order chi connectivity index (χ0) is 11.8. The van der Waals surface area contributed by atoms with E-state index < -0.39 is 0 Å². The summed E-state index contributed by atoms with van der Waals surface area (Å²) >= 11 is 0. The van der Waals surface area contributed by atoms with Crippen molar-refractivity contribution in [3.8, 4) is 6.07 Å². The molecular formula is C12H14N2O2. The second-order valence-corrected chi connectivity index (χ2v) is 3.32.